The largest absolute Gasteiger partial charge is 0.444 e. The van der Waals surface area contributed by atoms with Gasteiger partial charge in [-0.05, 0) is 128 Å². The molecule has 5 aromatic rings. The number of pyridine rings is 1. The summed E-state index contributed by atoms with van der Waals surface area (Å²) in [6.45, 7) is 8.12. The van der Waals surface area contributed by atoms with Crippen molar-refractivity contribution in [2.24, 2.45) is 0 Å². The van der Waals surface area contributed by atoms with E-state index in [0.717, 1.165) is 55.0 Å². The zero-order chi connectivity index (χ0) is 42.3. The van der Waals surface area contributed by atoms with Crippen LogP contribution in [0.1, 0.15) is 70.0 Å². The summed E-state index contributed by atoms with van der Waals surface area (Å²) in [7, 11) is 6.28. The molecule has 0 unspecified atom stereocenters. The lowest BCUT2D eigenvalue weighted by molar-refractivity contribution is -0.124. The maximum absolute atomic E-state index is 14.7. The summed E-state index contributed by atoms with van der Waals surface area (Å²) in [5.74, 6) is -1.03. The molecule has 59 heavy (non-hydrogen) atoms. The molecule has 2 N–H and O–H groups in total. The second-order valence-corrected chi connectivity index (χ2v) is 16.9. The van der Waals surface area contributed by atoms with Crippen LogP contribution in [0, 0.1) is 5.82 Å². The molecule has 0 aliphatic heterocycles. The number of nitrogens with zero attached hydrogens (tertiary/aromatic N) is 5. The smallest absolute Gasteiger partial charge is 0.408 e. The van der Waals surface area contributed by atoms with Crippen LogP contribution in [0.5, 0.6) is 0 Å². The van der Waals surface area contributed by atoms with Gasteiger partial charge in [-0.3, -0.25) is 14.2 Å². The van der Waals surface area contributed by atoms with Crippen molar-refractivity contribution in [2.75, 3.05) is 34.2 Å². The molecule has 13 heteroatoms. The molecule has 0 bridgehead atoms. The van der Waals surface area contributed by atoms with Crippen LogP contribution >= 0.6 is 0 Å². The van der Waals surface area contributed by atoms with Crippen LogP contribution in [0.15, 0.2) is 101 Å². The van der Waals surface area contributed by atoms with Gasteiger partial charge in [-0.15, -0.1) is 0 Å². The van der Waals surface area contributed by atoms with E-state index in [4.69, 9.17) is 4.74 Å². The highest BCUT2D eigenvalue weighted by Gasteiger charge is 2.31. The fourth-order valence-corrected chi connectivity index (χ4v) is 7.70. The van der Waals surface area contributed by atoms with Crippen molar-refractivity contribution < 1.29 is 18.7 Å². The Morgan fingerprint density at radius 3 is 2.27 bits per heavy atom. The number of alkyl carbamates (subject to hydrolysis) is 1. The summed E-state index contributed by atoms with van der Waals surface area (Å²) in [4.78, 5) is 63.6. The van der Waals surface area contributed by atoms with Gasteiger partial charge >= 0.3 is 11.8 Å². The first-order valence-corrected chi connectivity index (χ1v) is 20.3. The number of carbonyl (C=O) groups is 2. The molecule has 1 fully saturated rings. The van der Waals surface area contributed by atoms with E-state index in [0.29, 0.717) is 31.4 Å². The molecule has 1 aliphatic carbocycles. The second kappa shape index (κ2) is 18.9. The Hall–Kier alpha value is -5.66. The molecule has 12 nitrogen and oxygen atoms in total. The molecular formula is C46H56FN7O5. The van der Waals surface area contributed by atoms with E-state index in [1.165, 1.54) is 14.7 Å². The van der Waals surface area contributed by atoms with Crippen molar-refractivity contribution in [1.82, 2.24) is 34.6 Å². The van der Waals surface area contributed by atoms with E-state index in [-0.39, 0.29) is 29.4 Å². The fraction of sp³-hybridized carbons (Fsp3) is 0.413. The van der Waals surface area contributed by atoms with Crippen molar-refractivity contribution in [3.05, 3.63) is 129 Å². The van der Waals surface area contributed by atoms with Crippen LogP contribution in [-0.2, 0) is 22.5 Å². The number of halogens is 1. The Kier molecular flexibility index (Phi) is 13.8. The van der Waals surface area contributed by atoms with Crippen molar-refractivity contribution in [1.29, 1.82) is 0 Å². The maximum atomic E-state index is 14.7. The third kappa shape index (κ3) is 11.3. The van der Waals surface area contributed by atoms with E-state index in [1.807, 2.05) is 48.5 Å². The Balaban J connectivity index is 1.21. The second-order valence-electron chi connectivity index (χ2n) is 16.9. The van der Waals surface area contributed by atoms with Crippen molar-refractivity contribution in [3.63, 3.8) is 0 Å². The van der Waals surface area contributed by atoms with E-state index in [1.54, 1.807) is 26.8 Å². The van der Waals surface area contributed by atoms with Gasteiger partial charge in [0.05, 0.1) is 17.3 Å². The molecule has 0 saturated heterocycles. The molecule has 1 atom stereocenters. The maximum Gasteiger partial charge on any atom is 0.408 e. The minimum absolute atomic E-state index is 0.00135. The van der Waals surface area contributed by atoms with Crippen molar-refractivity contribution in [3.8, 4) is 16.8 Å². The Morgan fingerprint density at radius 1 is 0.881 bits per heavy atom. The lowest BCUT2D eigenvalue weighted by atomic mass is 9.90. The van der Waals surface area contributed by atoms with Crippen LogP contribution in [0.2, 0.25) is 0 Å². The molecule has 0 radical (unpaired) electrons. The Morgan fingerprint density at radius 2 is 1.59 bits per heavy atom. The van der Waals surface area contributed by atoms with E-state index in [2.05, 4.69) is 70.8 Å². The third-order valence-electron chi connectivity index (χ3n) is 10.6. The Bertz CT molecular complexity index is 2350. The number of amides is 2. The summed E-state index contributed by atoms with van der Waals surface area (Å²) in [6, 6.07) is 24.7. The van der Waals surface area contributed by atoms with E-state index in [9.17, 15) is 23.6 Å². The van der Waals surface area contributed by atoms with E-state index < -0.39 is 40.8 Å². The van der Waals surface area contributed by atoms with Crippen molar-refractivity contribution in [2.45, 2.75) is 89.6 Å². The van der Waals surface area contributed by atoms with Gasteiger partial charge in [-0.1, -0.05) is 66.7 Å². The first kappa shape index (κ1) is 42.9. The van der Waals surface area contributed by atoms with Crippen LogP contribution in [-0.4, -0.2) is 87.8 Å². The Labute approximate surface area is 345 Å². The highest BCUT2D eigenvalue weighted by atomic mass is 19.1. The van der Waals surface area contributed by atoms with Crippen LogP contribution in [0.25, 0.3) is 27.8 Å². The number of rotatable bonds is 14. The number of hydrogen-bond donors (Lipinski definition) is 2. The summed E-state index contributed by atoms with van der Waals surface area (Å²) in [6.07, 6.45) is 3.45. The van der Waals surface area contributed by atoms with Crippen LogP contribution in [0.3, 0.4) is 0 Å². The first-order valence-electron chi connectivity index (χ1n) is 20.3. The molecule has 1 aliphatic rings. The number of carbonyl (C=O) groups excluding carboxylic acids is 2. The van der Waals surface area contributed by atoms with Gasteiger partial charge < -0.3 is 25.2 Å². The predicted octanol–water partition coefficient (Wildman–Crippen LogP) is 6.47. The number of aromatic nitrogens is 3. The number of nitrogens with one attached hydrogen (secondary N) is 2. The van der Waals surface area contributed by atoms with Gasteiger partial charge in [-0.2, -0.15) is 0 Å². The quantitative estimate of drug-likeness (QED) is 0.131. The number of ether oxygens (including phenoxy) is 1. The van der Waals surface area contributed by atoms with Gasteiger partial charge in [0.2, 0.25) is 5.91 Å². The molecular weight excluding hydrogens is 750 g/mol. The van der Waals surface area contributed by atoms with Crippen LogP contribution in [0.4, 0.5) is 9.18 Å². The third-order valence-corrected chi connectivity index (χ3v) is 10.6. The predicted molar refractivity (Wildman–Crippen MR) is 229 cm³/mol. The summed E-state index contributed by atoms with van der Waals surface area (Å²) < 4.78 is 22.7. The highest BCUT2D eigenvalue weighted by Crippen LogP contribution is 2.29. The molecule has 312 valence electrons. The number of benzene rings is 3. The molecule has 1 saturated carbocycles. The zero-order valence-corrected chi connectivity index (χ0v) is 34.9. The molecule has 2 aromatic heterocycles. The van der Waals surface area contributed by atoms with Crippen molar-refractivity contribution >= 4 is 23.0 Å². The average Bonchev–Trinajstić information content (AvgIpc) is 3.18. The number of hydrogen-bond acceptors (Lipinski definition) is 8. The monoisotopic (exact) mass is 805 g/mol. The average molecular weight is 806 g/mol. The van der Waals surface area contributed by atoms with Gasteiger partial charge in [0.25, 0.3) is 5.56 Å². The normalized spacial score (nSPS) is 16.3. The fourth-order valence-electron chi connectivity index (χ4n) is 7.70. The van der Waals surface area contributed by atoms with Gasteiger partial charge in [-0.25, -0.2) is 23.5 Å². The summed E-state index contributed by atoms with van der Waals surface area (Å²) >= 11 is 0. The minimum Gasteiger partial charge on any atom is -0.444 e. The molecule has 2 heterocycles. The highest BCUT2D eigenvalue weighted by molar-refractivity contribution is 5.86. The van der Waals surface area contributed by atoms with Gasteiger partial charge in [0.1, 0.15) is 17.5 Å². The summed E-state index contributed by atoms with van der Waals surface area (Å²) in [5, 5.41) is 5.82. The van der Waals surface area contributed by atoms with Crippen LogP contribution < -0.4 is 21.9 Å². The lowest BCUT2D eigenvalue weighted by Crippen LogP contribution is -2.52. The van der Waals surface area contributed by atoms with Gasteiger partial charge in [0, 0.05) is 25.0 Å². The molecule has 2 amide bonds. The minimum atomic E-state index is -0.888. The van der Waals surface area contributed by atoms with E-state index >= 15 is 0 Å². The standard InChI is InChI=1S/C46H56FN7O5/c1-46(2,3)59-44(57)50-40(26-31-12-8-7-9-13-31)42(55)49-36-20-22-37(23-21-36)54-43(56)39-28-35(47)29-48-41(39)53(45(54)58)38-15-10-14-34(27-38)33-18-16-32(17-19-33)30-52(6)25-11-24-51(4)5/h7-10,12-19,27-29,36-37,40H,11,20-26,30H2,1-6H3,(H,49,55)(H,50,57)/t36?,37?,40-/m0/s1. The summed E-state index contributed by atoms with van der Waals surface area (Å²) in [5.41, 5.74) is 2.56. The zero-order valence-electron chi connectivity index (χ0n) is 34.9. The van der Waals surface area contributed by atoms with Gasteiger partial charge in [0.15, 0.2) is 5.65 Å². The topological polar surface area (TPSA) is 131 Å². The SMILES string of the molecule is CN(C)CCCN(C)Cc1ccc(-c2cccc(-n3c(=O)n(C4CCC(NC(=O)[C@H](Cc5ccccc5)NC(=O)OC(C)(C)C)CC4)c(=O)c4cc(F)cnc43)c2)cc1. The number of fused-ring (bicyclic) bond motifs is 1. The lowest BCUT2D eigenvalue weighted by Gasteiger charge is -2.31. The molecule has 6 rings (SSSR count). The molecule has 3 aromatic carbocycles. The molecule has 0 spiro atoms. The first-order chi connectivity index (χ1) is 28.1.